The molecular formula is C49H35NS. The van der Waals surface area contributed by atoms with Crippen LogP contribution in [0.2, 0.25) is 0 Å². The molecule has 8 aromatic carbocycles. The van der Waals surface area contributed by atoms with Crippen LogP contribution in [0.15, 0.2) is 176 Å². The maximum Gasteiger partial charge on any atom is 0.0554 e. The van der Waals surface area contributed by atoms with E-state index in [-0.39, 0.29) is 5.41 Å². The van der Waals surface area contributed by atoms with Crippen LogP contribution in [-0.4, -0.2) is 0 Å². The maximum atomic E-state index is 2.49. The molecule has 51 heavy (non-hydrogen) atoms. The molecule has 10 rings (SSSR count). The van der Waals surface area contributed by atoms with Gasteiger partial charge in [-0.25, -0.2) is 0 Å². The van der Waals surface area contributed by atoms with Crippen molar-refractivity contribution in [2.75, 3.05) is 4.90 Å². The Morgan fingerprint density at radius 3 is 1.98 bits per heavy atom. The molecule has 0 amide bonds. The molecule has 9 aromatic rings. The molecule has 1 aliphatic rings. The zero-order valence-corrected chi connectivity index (χ0v) is 29.4. The molecule has 0 fully saturated rings. The van der Waals surface area contributed by atoms with Gasteiger partial charge >= 0.3 is 0 Å². The van der Waals surface area contributed by atoms with Crippen LogP contribution >= 0.6 is 11.3 Å². The van der Waals surface area contributed by atoms with Crippen LogP contribution in [0.25, 0.3) is 64.3 Å². The molecule has 0 N–H and O–H groups in total. The summed E-state index contributed by atoms with van der Waals surface area (Å²) in [5, 5.41) is 5.12. The summed E-state index contributed by atoms with van der Waals surface area (Å²) in [4.78, 5) is 2.49. The number of benzene rings is 8. The van der Waals surface area contributed by atoms with Gasteiger partial charge in [-0.3, -0.25) is 0 Å². The predicted octanol–water partition coefficient (Wildman–Crippen LogP) is 14.3. The maximum absolute atomic E-state index is 2.49. The second-order valence-electron chi connectivity index (χ2n) is 14.1. The van der Waals surface area contributed by atoms with Crippen molar-refractivity contribution in [1.29, 1.82) is 0 Å². The largest absolute Gasteiger partial charge is 0.310 e. The van der Waals surface area contributed by atoms with Crippen LogP contribution < -0.4 is 4.90 Å². The monoisotopic (exact) mass is 669 g/mol. The SMILES string of the molecule is CC1(C)c2ccccc2-c2ccc(N(c3cccc(-c4cccc(-c5cccc6ccccc56)c4)c3)c3cccc4sc5ccccc5c34)cc21. The average Bonchev–Trinajstić information content (AvgIpc) is 3.67. The summed E-state index contributed by atoms with van der Waals surface area (Å²) in [6.07, 6.45) is 0. The molecule has 1 nitrogen and oxygen atoms in total. The molecule has 242 valence electrons. The number of hydrogen-bond acceptors (Lipinski definition) is 2. The van der Waals surface area contributed by atoms with Crippen molar-refractivity contribution >= 4 is 59.3 Å². The fraction of sp³-hybridized carbons (Fsp3) is 0.0612. The zero-order chi connectivity index (χ0) is 34.1. The smallest absolute Gasteiger partial charge is 0.0554 e. The first-order chi connectivity index (χ1) is 25.0. The third kappa shape index (κ3) is 4.75. The van der Waals surface area contributed by atoms with Crippen LogP contribution in [0.1, 0.15) is 25.0 Å². The number of nitrogens with zero attached hydrogens (tertiary/aromatic N) is 1. The minimum Gasteiger partial charge on any atom is -0.310 e. The van der Waals surface area contributed by atoms with Crippen molar-refractivity contribution < 1.29 is 0 Å². The Morgan fingerprint density at radius 1 is 0.431 bits per heavy atom. The molecule has 1 aromatic heterocycles. The average molecular weight is 670 g/mol. The highest BCUT2D eigenvalue weighted by Crippen LogP contribution is 2.52. The Labute approximate surface area is 302 Å². The summed E-state index contributed by atoms with van der Waals surface area (Å²) in [5.41, 5.74) is 13.7. The number of fused-ring (bicyclic) bond motifs is 7. The first kappa shape index (κ1) is 29.9. The van der Waals surface area contributed by atoms with Gasteiger partial charge in [-0.2, -0.15) is 0 Å². The van der Waals surface area contributed by atoms with Crippen molar-refractivity contribution in [2.45, 2.75) is 19.3 Å². The van der Waals surface area contributed by atoms with E-state index in [0.29, 0.717) is 0 Å². The summed E-state index contributed by atoms with van der Waals surface area (Å²) in [6, 6.07) is 64.9. The fourth-order valence-electron chi connectivity index (χ4n) is 8.37. The van der Waals surface area contributed by atoms with Gasteiger partial charge in [0.05, 0.1) is 5.69 Å². The lowest BCUT2D eigenvalue weighted by atomic mass is 9.82. The summed E-state index contributed by atoms with van der Waals surface area (Å²) in [7, 11) is 0. The molecule has 0 aliphatic heterocycles. The van der Waals surface area contributed by atoms with Gasteiger partial charge < -0.3 is 4.90 Å². The first-order valence-electron chi connectivity index (χ1n) is 17.7. The van der Waals surface area contributed by atoms with E-state index in [1.54, 1.807) is 0 Å². The third-order valence-electron chi connectivity index (χ3n) is 10.8. The molecule has 0 spiro atoms. The lowest BCUT2D eigenvalue weighted by Gasteiger charge is -2.29. The van der Waals surface area contributed by atoms with Crippen LogP contribution in [-0.2, 0) is 5.41 Å². The molecule has 2 heteroatoms. The lowest BCUT2D eigenvalue weighted by molar-refractivity contribution is 0.660. The van der Waals surface area contributed by atoms with Crippen molar-refractivity contribution in [1.82, 2.24) is 0 Å². The van der Waals surface area contributed by atoms with Gasteiger partial charge in [0.15, 0.2) is 0 Å². The summed E-state index contributed by atoms with van der Waals surface area (Å²) in [6.45, 7) is 4.73. The number of hydrogen-bond donors (Lipinski definition) is 0. The lowest BCUT2D eigenvalue weighted by Crippen LogP contribution is -2.16. The molecule has 0 saturated heterocycles. The standard InChI is InChI=1S/C49H35NS/c1-49(2)43-23-7-5-20-40(43)41-28-27-37(31-44(41)49)50(45-24-12-26-47-48(45)42-21-6-8-25-46(42)51-47)36-18-10-16-34(30-36)33-15-9-17-35(29-33)39-22-11-14-32-13-3-4-19-38(32)39/h3-31H,1-2H3. The van der Waals surface area contributed by atoms with Crippen LogP contribution in [0.5, 0.6) is 0 Å². The Morgan fingerprint density at radius 2 is 1.06 bits per heavy atom. The van der Waals surface area contributed by atoms with E-state index in [4.69, 9.17) is 0 Å². The van der Waals surface area contributed by atoms with E-state index in [1.807, 2.05) is 11.3 Å². The Hall–Kier alpha value is -5.96. The Bertz CT molecular complexity index is 2800. The minimum atomic E-state index is -0.0986. The van der Waals surface area contributed by atoms with Crippen molar-refractivity contribution in [3.63, 3.8) is 0 Å². The third-order valence-corrected chi connectivity index (χ3v) is 12.0. The number of anilines is 3. The van der Waals surface area contributed by atoms with E-state index in [0.717, 1.165) is 5.69 Å². The molecule has 0 atom stereocenters. The molecular weight excluding hydrogens is 635 g/mol. The second kappa shape index (κ2) is 11.6. The second-order valence-corrected chi connectivity index (χ2v) is 15.2. The van der Waals surface area contributed by atoms with Gasteiger partial charge in [0.25, 0.3) is 0 Å². The summed E-state index contributed by atoms with van der Waals surface area (Å²) in [5.74, 6) is 0. The van der Waals surface area contributed by atoms with Crippen molar-refractivity contribution in [2.24, 2.45) is 0 Å². The molecule has 0 unspecified atom stereocenters. The molecule has 1 aliphatic carbocycles. The number of thiophene rings is 1. The Balaban J connectivity index is 1.17. The van der Waals surface area contributed by atoms with Gasteiger partial charge in [0.2, 0.25) is 0 Å². The van der Waals surface area contributed by atoms with Crippen molar-refractivity contribution in [3.05, 3.63) is 187 Å². The van der Waals surface area contributed by atoms with Gasteiger partial charge in [0, 0.05) is 37.0 Å². The fourth-order valence-corrected chi connectivity index (χ4v) is 9.50. The van der Waals surface area contributed by atoms with E-state index in [9.17, 15) is 0 Å². The first-order valence-corrected chi connectivity index (χ1v) is 18.5. The zero-order valence-electron chi connectivity index (χ0n) is 28.6. The normalized spacial score (nSPS) is 13.1. The van der Waals surface area contributed by atoms with Crippen LogP contribution in [0.4, 0.5) is 17.1 Å². The molecule has 0 radical (unpaired) electrons. The molecule has 0 bridgehead atoms. The van der Waals surface area contributed by atoms with Gasteiger partial charge in [0.1, 0.15) is 0 Å². The highest BCUT2D eigenvalue weighted by atomic mass is 32.1. The van der Waals surface area contributed by atoms with Crippen LogP contribution in [0, 0.1) is 0 Å². The minimum absolute atomic E-state index is 0.0986. The topological polar surface area (TPSA) is 3.24 Å². The molecule has 1 heterocycles. The number of rotatable bonds is 5. The van der Waals surface area contributed by atoms with E-state index in [2.05, 4.69) is 195 Å². The van der Waals surface area contributed by atoms with Crippen molar-refractivity contribution in [3.8, 4) is 33.4 Å². The van der Waals surface area contributed by atoms with Gasteiger partial charge in [-0.1, -0.05) is 141 Å². The highest BCUT2D eigenvalue weighted by molar-refractivity contribution is 7.26. The van der Waals surface area contributed by atoms with Crippen LogP contribution in [0.3, 0.4) is 0 Å². The van der Waals surface area contributed by atoms with E-state index >= 15 is 0 Å². The summed E-state index contributed by atoms with van der Waals surface area (Å²) >= 11 is 1.87. The molecule has 0 saturated carbocycles. The van der Waals surface area contributed by atoms with E-state index < -0.39 is 0 Å². The highest BCUT2D eigenvalue weighted by Gasteiger charge is 2.36. The quantitative estimate of drug-likeness (QED) is 0.176. The van der Waals surface area contributed by atoms with E-state index in [1.165, 1.54) is 86.8 Å². The van der Waals surface area contributed by atoms with Gasteiger partial charge in [-0.05, 0) is 104 Å². The van der Waals surface area contributed by atoms with Gasteiger partial charge in [-0.15, -0.1) is 11.3 Å². The summed E-state index contributed by atoms with van der Waals surface area (Å²) < 4.78 is 2.61. The Kier molecular flexibility index (Phi) is 6.78. The predicted molar refractivity (Wildman–Crippen MR) is 220 cm³/mol.